The highest BCUT2D eigenvalue weighted by molar-refractivity contribution is 6.36. The van der Waals surface area contributed by atoms with Crippen LogP contribution in [0.2, 0.25) is 5.02 Å². The van der Waals surface area contributed by atoms with E-state index in [1.165, 1.54) is 11.4 Å². The van der Waals surface area contributed by atoms with Crippen LogP contribution < -0.4 is 19.6 Å². The predicted octanol–water partition coefficient (Wildman–Crippen LogP) is 14.7. The van der Waals surface area contributed by atoms with Gasteiger partial charge in [0.05, 0.1) is 34.5 Å². The van der Waals surface area contributed by atoms with Crippen LogP contribution in [-0.2, 0) is 0 Å². The summed E-state index contributed by atoms with van der Waals surface area (Å²) in [4.78, 5) is 9.88. The Bertz CT molecular complexity index is 2400. The summed E-state index contributed by atoms with van der Waals surface area (Å²) in [6.45, 7) is 0. The van der Waals surface area contributed by atoms with Crippen LogP contribution in [-0.4, -0.2) is 24.2 Å². The van der Waals surface area contributed by atoms with Crippen LogP contribution in [0.1, 0.15) is 38.5 Å². The molecule has 5 heteroatoms. The summed E-state index contributed by atoms with van der Waals surface area (Å²) in [7, 11) is 0. The molecule has 294 valence electrons. The highest BCUT2D eigenvalue weighted by Crippen LogP contribution is 2.47. The molecule has 5 aromatic carbocycles. The second kappa shape index (κ2) is 18.1. The molecule has 0 heterocycles. The lowest BCUT2D eigenvalue weighted by atomic mass is 9.98. The predicted molar refractivity (Wildman–Crippen MR) is 253 cm³/mol. The van der Waals surface area contributed by atoms with Gasteiger partial charge in [-0.3, -0.25) is 0 Å². The number of halogens is 1. The SMILES string of the molecule is Clc1c(N(c2ccccc2)c2cccc(N(C3C=CC=CC3)C3C=CC=CC3)c2)cccc1N(c1cccc(N(c2ccccc2)C2C=CC=CC2)c1)C1CC=CCC1. The van der Waals surface area contributed by atoms with Crippen LogP contribution in [0.4, 0.5) is 45.5 Å². The lowest BCUT2D eigenvalue weighted by molar-refractivity contribution is 0.591. The molecule has 0 aliphatic heterocycles. The van der Waals surface area contributed by atoms with Crippen LogP contribution in [0.25, 0.3) is 0 Å². The van der Waals surface area contributed by atoms with Gasteiger partial charge in [0.2, 0.25) is 0 Å². The fourth-order valence-corrected chi connectivity index (χ4v) is 9.37. The van der Waals surface area contributed by atoms with E-state index in [1.54, 1.807) is 0 Å². The van der Waals surface area contributed by atoms with Gasteiger partial charge in [0.25, 0.3) is 0 Å². The minimum absolute atomic E-state index is 0.206. The van der Waals surface area contributed by atoms with Crippen molar-refractivity contribution in [2.45, 2.75) is 62.7 Å². The summed E-state index contributed by atoms with van der Waals surface area (Å²) >= 11 is 7.86. The fraction of sp³-hybridized carbons (Fsp3) is 0.185. The first kappa shape index (κ1) is 38.3. The smallest absolute Gasteiger partial charge is 0.0883 e. The van der Waals surface area contributed by atoms with Crippen molar-refractivity contribution in [3.8, 4) is 0 Å². The molecule has 9 rings (SSSR count). The van der Waals surface area contributed by atoms with Crippen LogP contribution in [0, 0.1) is 0 Å². The molecule has 0 fully saturated rings. The maximum atomic E-state index is 7.86. The molecule has 0 saturated heterocycles. The second-order valence-corrected chi connectivity index (χ2v) is 16.0. The minimum Gasteiger partial charge on any atom is -0.358 e. The summed E-state index contributed by atoms with van der Waals surface area (Å²) in [5.74, 6) is 0. The maximum Gasteiger partial charge on any atom is 0.0883 e. The second-order valence-electron chi connectivity index (χ2n) is 15.6. The van der Waals surface area contributed by atoms with Crippen molar-refractivity contribution >= 4 is 57.1 Å². The number of benzene rings is 5. The summed E-state index contributed by atoms with van der Waals surface area (Å²) < 4.78 is 0. The molecule has 0 radical (unpaired) electrons. The zero-order valence-corrected chi connectivity index (χ0v) is 34.2. The van der Waals surface area contributed by atoms with Crippen LogP contribution in [0.5, 0.6) is 0 Å². The molecule has 0 saturated carbocycles. The van der Waals surface area contributed by atoms with Gasteiger partial charge in [-0.1, -0.05) is 151 Å². The first-order chi connectivity index (χ1) is 29.2. The number of anilines is 8. The van der Waals surface area contributed by atoms with Crippen molar-refractivity contribution in [3.63, 3.8) is 0 Å². The van der Waals surface area contributed by atoms with Gasteiger partial charge in [-0.25, -0.2) is 0 Å². The number of allylic oxidation sites excluding steroid dienone is 7. The largest absolute Gasteiger partial charge is 0.358 e. The Kier molecular flexibility index (Phi) is 11.8. The summed E-state index contributed by atoms with van der Waals surface area (Å²) in [6.07, 6.45) is 37.3. The van der Waals surface area contributed by atoms with Crippen LogP contribution in [0.3, 0.4) is 0 Å². The molecule has 0 aromatic heterocycles. The van der Waals surface area contributed by atoms with Crippen molar-refractivity contribution in [3.05, 3.63) is 217 Å². The van der Waals surface area contributed by atoms with E-state index in [4.69, 9.17) is 11.6 Å². The average Bonchev–Trinajstić information content (AvgIpc) is 3.30. The molecule has 59 heavy (non-hydrogen) atoms. The normalized spacial score (nSPS) is 20.4. The van der Waals surface area contributed by atoms with Gasteiger partial charge in [-0.2, -0.15) is 0 Å². The molecule has 4 aliphatic rings. The summed E-state index contributed by atoms with van der Waals surface area (Å²) in [6, 6.07) is 47.0. The van der Waals surface area contributed by atoms with Gasteiger partial charge in [0.1, 0.15) is 0 Å². The molecule has 5 aromatic rings. The minimum atomic E-state index is 0.206. The first-order valence-electron chi connectivity index (χ1n) is 21.1. The first-order valence-corrected chi connectivity index (χ1v) is 21.5. The fourth-order valence-electron chi connectivity index (χ4n) is 9.07. The number of para-hydroxylation sites is 2. The van der Waals surface area contributed by atoms with Crippen LogP contribution in [0.15, 0.2) is 212 Å². The van der Waals surface area contributed by atoms with E-state index in [2.05, 4.69) is 232 Å². The maximum absolute atomic E-state index is 7.86. The Morgan fingerprint density at radius 2 is 0.932 bits per heavy atom. The van der Waals surface area contributed by atoms with E-state index in [1.807, 2.05) is 0 Å². The van der Waals surface area contributed by atoms with Gasteiger partial charge >= 0.3 is 0 Å². The van der Waals surface area contributed by atoms with E-state index in [0.717, 1.165) is 77.7 Å². The van der Waals surface area contributed by atoms with Gasteiger partial charge < -0.3 is 19.6 Å². The summed E-state index contributed by atoms with van der Waals surface area (Å²) in [5.41, 5.74) is 8.71. The highest BCUT2D eigenvalue weighted by atomic mass is 35.5. The lowest BCUT2D eigenvalue weighted by Crippen LogP contribution is -2.42. The molecule has 4 aliphatic carbocycles. The van der Waals surface area contributed by atoms with Crippen molar-refractivity contribution in [1.82, 2.24) is 0 Å². The zero-order valence-electron chi connectivity index (χ0n) is 33.4. The Morgan fingerprint density at radius 1 is 0.407 bits per heavy atom. The van der Waals surface area contributed by atoms with Crippen molar-refractivity contribution in [1.29, 1.82) is 0 Å². The van der Waals surface area contributed by atoms with E-state index < -0.39 is 0 Å². The summed E-state index contributed by atoms with van der Waals surface area (Å²) in [5, 5.41) is 0.722. The van der Waals surface area contributed by atoms with Gasteiger partial charge in [-0.15, -0.1) is 0 Å². The standard InChI is InChI=1S/C54H51ClN4/c55-54-52(58(46-30-15-5-16-31-46)50-36-19-34-48(40-50)56(42-22-7-1-8-23-42)43-24-9-2-10-25-43)38-21-39-53(54)59(47-32-17-6-18-33-47)51-37-20-35-49(41-51)57(44-26-11-3-12-27-44)45-28-13-4-14-29-45/h1-17,19-22,24,26-28,30-31,34-43,45,47H,18,23,25,29,32-33H2. The van der Waals surface area contributed by atoms with Crippen molar-refractivity contribution < 1.29 is 0 Å². The molecule has 0 amide bonds. The average molecular weight is 791 g/mol. The van der Waals surface area contributed by atoms with E-state index in [0.29, 0.717) is 0 Å². The number of hydrogen-bond donors (Lipinski definition) is 0. The third-order valence-corrected chi connectivity index (χ3v) is 12.2. The van der Waals surface area contributed by atoms with Gasteiger partial charge in [0.15, 0.2) is 0 Å². The molecule has 0 N–H and O–H groups in total. The topological polar surface area (TPSA) is 13.0 Å². The number of rotatable bonds is 12. The zero-order chi connectivity index (χ0) is 39.8. The molecule has 4 unspecified atom stereocenters. The Morgan fingerprint density at radius 3 is 1.54 bits per heavy atom. The van der Waals surface area contributed by atoms with E-state index >= 15 is 0 Å². The van der Waals surface area contributed by atoms with E-state index in [-0.39, 0.29) is 24.2 Å². The van der Waals surface area contributed by atoms with Crippen molar-refractivity contribution in [2.24, 2.45) is 0 Å². The van der Waals surface area contributed by atoms with E-state index in [9.17, 15) is 0 Å². The molecule has 0 bridgehead atoms. The number of nitrogens with zero attached hydrogens (tertiary/aromatic N) is 4. The molecule has 4 nitrogen and oxygen atoms in total. The highest BCUT2D eigenvalue weighted by Gasteiger charge is 2.29. The number of hydrogen-bond acceptors (Lipinski definition) is 4. The monoisotopic (exact) mass is 790 g/mol. The van der Waals surface area contributed by atoms with Gasteiger partial charge in [0, 0.05) is 40.2 Å². The molecular weight excluding hydrogens is 740 g/mol. The van der Waals surface area contributed by atoms with Crippen LogP contribution >= 0.6 is 11.6 Å². The molecular formula is C54H51ClN4. The molecule has 0 spiro atoms. The molecule has 4 atom stereocenters. The quantitative estimate of drug-likeness (QED) is 0.117. The van der Waals surface area contributed by atoms with Gasteiger partial charge in [-0.05, 0) is 111 Å². The van der Waals surface area contributed by atoms with Crippen molar-refractivity contribution in [2.75, 3.05) is 19.6 Å². The Balaban J connectivity index is 1.15. The Hall–Kier alpha value is -6.23. The third kappa shape index (κ3) is 8.37. The lowest BCUT2D eigenvalue weighted by Gasteiger charge is -2.39. The third-order valence-electron chi connectivity index (χ3n) is 11.8. The Labute approximate surface area is 355 Å².